The van der Waals surface area contributed by atoms with Gasteiger partial charge in [0.05, 0.1) is 6.26 Å². The van der Waals surface area contributed by atoms with Gasteiger partial charge in [-0.2, -0.15) is 4.31 Å². The molecule has 6 nitrogen and oxygen atoms in total. The minimum atomic E-state index is -3.08. The Morgan fingerprint density at radius 3 is 2.32 bits per heavy atom. The second-order valence-electron chi connectivity index (χ2n) is 4.73. The van der Waals surface area contributed by atoms with E-state index in [4.69, 9.17) is 5.73 Å². The zero-order valence-corrected chi connectivity index (χ0v) is 11.9. The van der Waals surface area contributed by atoms with Crippen LogP contribution in [0.2, 0.25) is 0 Å². The Labute approximate surface area is 114 Å². The van der Waals surface area contributed by atoms with Gasteiger partial charge < -0.3 is 5.73 Å². The molecule has 1 aliphatic heterocycles. The molecule has 0 amide bonds. The molecule has 106 valence electrons. The molecule has 1 saturated heterocycles. The number of rotatable bonds is 4. The van der Waals surface area contributed by atoms with Gasteiger partial charge in [0.25, 0.3) is 0 Å². The van der Waals surface area contributed by atoms with Gasteiger partial charge in [0.15, 0.2) is 0 Å². The van der Waals surface area contributed by atoms with Crippen molar-refractivity contribution in [3.05, 3.63) is 30.1 Å². The molecule has 2 rings (SSSR count). The molecule has 19 heavy (non-hydrogen) atoms. The van der Waals surface area contributed by atoms with E-state index in [1.807, 2.05) is 12.1 Å². The van der Waals surface area contributed by atoms with E-state index in [9.17, 15) is 8.42 Å². The topological polar surface area (TPSA) is 79.5 Å². The van der Waals surface area contributed by atoms with Gasteiger partial charge in [-0.3, -0.25) is 9.88 Å². The van der Waals surface area contributed by atoms with Crippen molar-refractivity contribution in [3.63, 3.8) is 0 Å². The van der Waals surface area contributed by atoms with Crippen molar-refractivity contribution >= 4 is 10.0 Å². The lowest BCUT2D eigenvalue weighted by atomic mass is 10.1. The summed E-state index contributed by atoms with van der Waals surface area (Å²) in [5.74, 6) is 0. The number of hydrogen-bond acceptors (Lipinski definition) is 5. The number of hydrogen-bond donors (Lipinski definition) is 1. The van der Waals surface area contributed by atoms with Gasteiger partial charge in [-0.25, -0.2) is 8.42 Å². The standard InChI is InChI=1S/C12H20N4O2S/c1-19(17,18)16-8-6-15(7-9-16)12(10-13)11-2-4-14-5-3-11/h2-5,12H,6-10,13H2,1H3. The third kappa shape index (κ3) is 3.50. The summed E-state index contributed by atoms with van der Waals surface area (Å²) >= 11 is 0. The van der Waals surface area contributed by atoms with E-state index in [1.54, 1.807) is 12.4 Å². The average molecular weight is 284 g/mol. The second-order valence-corrected chi connectivity index (χ2v) is 6.71. The average Bonchev–Trinajstić information content (AvgIpc) is 2.40. The summed E-state index contributed by atoms with van der Waals surface area (Å²) in [6.07, 6.45) is 4.77. The Hall–Kier alpha value is -1.02. The highest BCUT2D eigenvalue weighted by Gasteiger charge is 2.27. The van der Waals surface area contributed by atoms with Gasteiger partial charge in [-0.1, -0.05) is 0 Å². The summed E-state index contributed by atoms with van der Waals surface area (Å²) in [4.78, 5) is 6.24. The van der Waals surface area contributed by atoms with Crippen LogP contribution in [0.4, 0.5) is 0 Å². The smallest absolute Gasteiger partial charge is 0.211 e. The summed E-state index contributed by atoms with van der Waals surface area (Å²) < 4.78 is 24.5. The predicted octanol–water partition coefficient (Wildman–Crippen LogP) is -0.341. The molecule has 2 heterocycles. The molecule has 7 heteroatoms. The third-order valence-corrected chi connectivity index (χ3v) is 4.80. The SMILES string of the molecule is CS(=O)(=O)N1CCN(C(CN)c2ccncc2)CC1. The Bertz CT molecular complexity index is 498. The molecule has 1 aromatic heterocycles. The van der Waals surface area contributed by atoms with E-state index >= 15 is 0 Å². The van der Waals surface area contributed by atoms with Crippen LogP contribution >= 0.6 is 0 Å². The van der Waals surface area contributed by atoms with Crippen molar-refractivity contribution in [2.75, 3.05) is 39.0 Å². The second kappa shape index (κ2) is 5.96. The first-order chi connectivity index (χ1) is 9.02. The maximum absolute atomic E-state index is 11.5. The normalized spacial score (nSPS) is 20.3. The lowest BCUT2D eigenvalue weighted by Gasteiger charge is -2.38. The Kier molecular flexibility index (Phi) is 4.51. The molecule has 0 spiro atoms. The van der Waals surface area contributed by atoms with Crippen LogP contribution in [-0.2, 0) is 10.0 Å². The largest absolute Gasteiger partial charge is 0.329 e. The van der Waals surface area contributed by atoms with Crippen molar-refractivity contribution in [2.24, 2.45) is 5.73 Å². The van der Waals surface area contributed by atoms with Crippen molar-refractivity contribution in [1.82, 2.24) is 14.2 Å². The fourth-order valence-corrected chi connectivity index (χ4v) is 3.26. The Morgan fingerprint density at radius 2 is 1.84 bits per heavy atom. The Morgan fingerprint density at radius 1 is 1.26 bits per heavy atom. The van der Waals surface area contributed by atoms with Gasteiger partial charge in [0.2, 0.25) is 10.0 Å². The molecule has 1 aliphatic rings. The third-order valence-electron chi connectivity index (χ3n) is 3.50. The van der Waals surface area contributed by atoms with Gasteiger partial charge in [-0.15, -0.1) is 0 Å². The zero-order chi connectivity index (χ0) is 13.9. The fraction of sp³-hybridized carbons (Fsp3) is 0.583. The number of aromatic nitrogens is 1. The van der Waals surface area contributed by atoms with Crippen molar-refractivity contribution in [2.45, 2.75) is 6.04 Å². The summed E-state index contributed by atoms with van der Waals surface area (Å²) in [6, 6.07) is 4.05. The predicted molar refractivity (Wildman–Crippen MR) is 74.0 cm³/mol. The van der Waals surface area contributed by atoms with Crippen molar-refractivity contribution in [1.29, 1.82) is 0 Å². The van der Waals surface area contributed by atoms with Crippen LogP contribution < -0.4 is 5.73 Å². The van der Waals surface area contributed by atoms with Gasteiger partial charge >= 0.3 is 0 Å². The highest BCUT2D eigenvalue weighted by Crippen LogP contribution is 2.21. The van der Waals surface area contributed by atoms with Crippen LogP contribution in [0.15, 0.2) is 24.5 Å². The molecule has 0 radical (unpaired) electrons. The first-order valence-electron chi connectivity index (χ1n) is 6.31. The molecule has 0 aromatic carbocycles. The van der Waals surface area contributed by atoms with E-state index in [2.05, 4.69) is 9.88 Å². The number of nitrogens with two attached hydrogens (primary N) is 1. The van der Waals surface area contributed by atoms with E-state index in [0.717, 1.165) is 5.56 Å². The van der Waals surface area contributed by atoms with Crippen LogP contribution in [0.25, 0.3) is 0 Å². The molecule has 0 bridgehead atoms. The van der Waals surface area contributed by atoms with Gasteiger partial charge in [0, 0.05) is 51.2 Å². The highest BCUT2D eigenvalue weighted by atomic mass is 32.2. The van der Waals surface area contributed by atoms with E-state index in [-0.39, 0.29) is 6.04 Å². The molecule has 0 saturated carbocycles. The minimum absolute atomic E-state index is 0.129. The monoisotopic (exact) mass is 284 g/mol. The summed E-state index contributed by atoms with van der Waals surface area (Å²) in [7, 11) is -3.08. The summed E-state index contributed by atoms with van der Waals surface area (Å²) in [5.41, 5.74) is 6.99. The summed E-state index contributed by atoms with van der Waals surface area (Å²) in [6.45, 7) is 2.98. The molecular weight excluding hydrogens is 264 g/mol. The summed E-state index contributed by atoms with van der Waals surface area (Å²) in [5, 5.41) is 0. The van der Waals surface area contributed by atoms with Crippen LogP contribution in [0.5, 0.6) is 0 Å². The van der Waals surface area contributed by atoms with E-state index in [1.165, 1.54) is 10.6 Å². The highest BCUT2D eigenvalue weighted by molar-refractivity contribution is 7.88. The molecule has 1 atom stereocenters. The minimum Gasteiger partial charge on any atom is -0.329 e. The first-order valence-corrected chi connectivity index (χ1v) is 8.16. The molecule has 2 N–H and O–H groups in total. The number of piperazine rings is 1. The molecule has 1 fully saturated rings. The maximum atomic E-state index is 11.5. The number of nitrogens with zero attached hydrogens (tertiary/aromatic N) is 3. The van der Waals surface area contributed by atoms with Crippen molar-refractivity contribution in [3.8, 4) is 0 Å². The van der Waals surface area contributed by atoms with Crippen LogP contribution in [0.3, 0.4) is 0 Å². The van der Waals surface area contributed by atoms with E-state index in [0.29, 0.717) is 32.7 Å². The molecule has 0 aliphatic carbocycles. The van der Waals surface area contributed by atoms with Crippen LogP contribution in [0, 0.1) is 0 Å². The van der Waals surface area contributed by atoms with E-state index < -0.39 is 10.0 Å². The maximum Gasteiger partial charge on any atom is 0.211 e. The lowest BCUT2D eigenvalue weighted by molar-refractivity contribution is 0.140. The Balaban J connectivity index is 2.04. The number of sulfonamides is 1. The lowest BCUT2D eigenvalue weighted by Crippen LogP contribution is -2.50. The number of pyridine rings is 1. The first kappa shape index (κ1) is 14.4. The molecule has 1 aromatic rings. The van der Waals surface area contributed by atoms with Crippen molar-refractivity contribution < 1.29 is 8.42 Å². The van der Waals surface area contributed by atoms with Gasteiger partial charge in [-0.05, 0) is 17.7 Å². The molecule has 1 unspecified atom stereocenters. The quantitative estimate of drug-likeness (QED) is 0.818. The van der Waals surface area contributed by atoms with Gasteiger partial charge in [0.1, 0.15) is 0 Å². The molecular formula is C12H20N4O2S. The fourth-order valence-electron chi connectivity index (χ4n) is 2.43. The van der Waals surface area contributed by atoms with Crippen LogP contribution in [0.1, 0.15) is 11.6 Å². The van der Waals surface area contributed by atoms with Crippen LogP contribution in [-0.4, -0.2) is 61.6 Å². The zero-order valence-electron chi connectivity index (χ0n) is 11.1.